The molecule has 0 saturated carbocycles. The van der Waals surface area contributed by atoms with Gasteiger partial charge in [0.15, 0.2) is 0 Å². The van der Waals surface area contributed by atoms with E-state index in [0.717, 1.165) is 5.56 Å². The number of amides is 1. The highest BCUT2D eigenvalue weighted by molar-refractivity contribution is 5.81. The summed E-state index contributed by atoms with van der Waals surface area (Å²) in [5, 5.41) is 2.90. The topological polar surface area (TPSA) is 29.1 Å². The molecule has 1 amide bonds. The molecule has 1 N–H and O–H groups in total. The average molecular weight is 207 g/mol. The SMILES string of the molecule is CC1(C)NC(=O)CC1c1cccc(F)c1. The van der Waals surface area contributed by atoms with Crippen LogP contribution in [0.2, 0.25) is 0 Å². The maximum atomic E-state index is 13.1. The van der Waals surface area contributed by atoms with Gasteiger partial charge in [-0.15, -0.1) is 0 Å². The Bertz CT molecular complexity index is 400. The number of carbonyl (C=O) groups is 1. The first kappa shape index (κ1) is 10.1. The molecule has 1 unspecified atom stereocenters. The van der Waals surface area contributed by atoms with Gasteiger partial charge in [-0.3, -0.25) is 4.79 Å². The lowest BCUT2D eigenvalue weighted by atomic mass is 9.83. The summed E-state index contributed by atoms with van der Waals surface area (Å²) >= 11 is 0. The summed E-state index contributed by atoms with van der Waals surface area (Å²) in [6, 6.07) is 6.48. The van der Waals surface area contributed by atoms with Gasteiger partial charge in [0.2, 0.25) is 5.91 Å². The summed E-state index contributed by atoms with van der Waals surface area (Å²) in [7, 11) is 0. The van der Waals surface area contributed by atoms with Gasteiger partial charge in [0, 0.05) is 17.9 Å². The Morgan fingerprint density at radius 1 is 1.47 bits per heavy atom. The first-order chi connectivity index (χ1) is 6.99. The lowest BCUT2D eigenvalue weighted by Gasteiger charge is -2.26. The monoisotopic (exact) mass is 207 g/mol. The summed E-state index contributed by atoms with van der Waals surface area (Å²) in [5.41, 5.74) is 0.601. The fraction of sp³-hybridized carbons (Fsp3) is 0.417. The van der Waals surface area contributed by atoms with Gasteiger partial charge in [0.05, 0.1) is 0 Å². The molecule has 2 rings (SSSR count). The molecule has 0 bridgehead atoms. The quantitative estimate of drug-likeness (QED) is 0.751. The van der Waals surface area contributed by atoms with E-state index in [9.17, 15) is 9.18 Å². The summed E-state index contributed by atoms with van der Waals surface area (Å²) in [6.07, 6.45) is 0.441. The molecule has 0 spiro atoms. The predicted octanol–water partition coefficient (Wildman–Crippen LogP) is 2.21. The van der Waals surface area contributed by atoms with Crippen LogP contribution in [0, 0.1) is 5.82 Å². The maximum Gasteiger partial charge on any atom is 0.221 e. The Labute approximate surface area is 88.5 Å². The summed E-state index contributed by atoms with van der Waals surface area (Å²) in [4.78, 5) is 11.3. The van der Waals surface area contributed by atoms with Crippen LogP contribution in [0.3, 0.4) is 0 Å². The normalized spacial score (nSPS) is 23.9. The molecule has 1 heterocycles. The molecule has 0 aliphatic carbocycles. The number of hydrogen-bond acceptors (Lipinski definition) is 1. The molecule has 1 aromatic carbocycles. The Morgan fingerprint density at radius 3 is 2.73 bits per heavy atom. The van der Waals surface area contributed by atoms with Crippen LogP contribution in [0.25, 0.3) is 0 Å². The Morgan fingerprint density at radius 2 is 2.20 bits per heavy atom. The molecule has 15 heavy (non-hydrogen) atoms. The second-order valence-corrected chi connectivity index (χ2v) is 4.58. The van der Waals surface area contributed by atoms with E-state index in [-0.39, 0.29) is 23.2 Å². The van der Waals surface area contributed by atoms with E-state index in [1.807, 2.05) is 19.9 Å². The molecular weight excluding hydrogens is 193 g/mol. The van der Waals surface area contributed by atoms with Crippen molar-refractivity contribution in [3.05, 3.63) is 35.6 Å². The zero-order valence-electron chi connectivity index (χ0n) is 8.88. The molecule has 3 heteroatoms. The van der Waals surface area contributed by atoms with Crippen molar-refractivity contribution in [2.24, 2.45) is 0 Å². The average Bonchev–Trinajstić information content (AvgIpc) is 2.39. The summed E-state index contributed by atoms with van der Waals surface area (Å²) < 4.78 is 13.1. The van der Waals surface area contributed by atoms with Gasteiger partial charge < -0.3 is 5.32 Å². The first-order valence-electron chi connectivity index (χ1n) is 5.05. The zero-order chi connectivity index (χ0) is 11.1. The largest absolute Gasteiger partial charge is 0.351 e. The van der Waals surface area contributed by atoms with E-state index in [4.69, 9.17) is 0 Å². The first-order valence-corrected chi connectivity index (χ1v) is 5.05. The van der Waals surface area contributed by atoms with Crippen molar-refractivity contribution in [1.29, 1.82) is 0 Å². The molecule has 1 fully saturated rings. The highest BCUT2D eigenvalue weighted by Crippen LogP contribution is 2.35. The fourth-order valence-electron chi connectivity index (χ4n) is 2.20. The van der Waals surface area contributed by atoms with Crippen LogP contribution in [0.4, 0.5) is 4.39 Å². The Kier molecular flexibility index (Phi) is 2.25. The standard InChI is InChI=1S/C12H14FNO/c1-12(2)10(7-11(15)14-12)8-4-3-5-9(13)6-8/h3-6,10H,7H2,1-2H3,(H,14,15). The van der Waals surface area contributed by atoms with Gasteiger partial charge in [-0.2, -0.15) is 0 Å². The van der Waals surface area contributed by atoms with E-state index in [1.54, 1.807) is 6.07 Å². The van der Waals surface area contributed by atoms with E-state index < -0.39 is 0 Å². The minimum absolute atomic E-state index is 0.0364. The van der Waals surface area contributed by atoms with Gasteiger partial charge in [0.25, 0.3) is 0 Å². The molecule has 0 radical (unpaired) electrons. The maximum absolute atomic E-state index is 13.1. The molecule has 80 valence electrons. The fourth-order valence-corrected chi connectivity index (χ4v) is 2.20. The highest BCUT2D eigenvalue weighted by atomic mass is 19.1. The number of nitrogens with one attached hydrogen (secondary N) is 1. The molecule has 1 aromatic rings. The molecule has 1 saturated heterocycles. The van der Waals surface area contributed by atoms with Gasteiger partial charge >= 0.3 is 0 Å². The Balaban J connectivity index is 2.35. The van der Waals surface area contributed by atoms with Crippen molar-refractivity contribution in [3.8, 4) is 0 Å². The molecular formula is C12H14FNO. The number of halogens is 1. The van der Waals surface area contributed by atoms with E-state index in [1.165, 1.54) is 12.1 Å². The lowest BCUT2D eigenvalue weighted by Crippen LogP contribution is -2.38. The molecule has 2 nitrogen and oxygen atoms in total. The van der Waals surface area contributed by atoms with Crippen LogP contribution in [-0.2, 0) is 4.79 Å². The minimum Gasteiger partial charge on any atom is -0.351 e. The number of carbonyl (C=O) groups excluding carboxylic acids is 1. The van der Waals surface area contributed by atoms with E-state index in [0.29, 0.717) is 6.42 Å². The molecule has 0 aromatic heterocycles. The van der Waals surface area contributed by atoms with Crippen LogP contribution < -0.4 is 5.32 Å². The van der Waals surface area contributed by atoms with Crippen molar-refractivity contribution in [3.63, 3.8) is 0 Å². The third-order valence-corrected chi connectivity index (χ3v) is 2.97. The van der Waals surface area contributed by atoms with Crippen molar-refractivity contribution in [2.45, 2.75) is 31.7 Å². The van der Waals surface area contributed by atoms with Crippen molar-refractivity contribution < 1.29 is 9.18 Å². The van der Waals surface area contributed by atoms with Gasteiger partial charge in [-0.05, 0) is 31.5 Å². The second-order valence-electron chi connectivity index (χ2n) is 4.58. The van der Waals surface area contributed by atoms with Crippen LogP contribution in [0.15, 0.2) is 24.3 Å². The summed E-state index contributed by atoms with van der Waals surface area (Å²) in [6.45, 7) is 3.93. The van der Waals surface area contributed by atoms with Gasteiger partial charge in [-0.1, -0.05) is 12.1 Å². The summed E-state index contributed by atoms with van der Waals surface area (Å²) in [5.74, 6) is -0.155. The number of hydrogen-bond donors (Lipinski definition) is 1. The lowest BCUT2D eigenvalue weighted by molar-refractivity contribution is -0.119. The van der Waals surface area contributed by atoms with Crippen LogP contribution in [0.1, 0.15) is 31.7 Å². The van der Waals surface area contributed by atoms with Crippen molar-refractivity contribution >= 4 is 5.91 Å². The molecule has 1 atom stereocenters. The number of benzene rings is 1. The second kappa shape index (κ2) is 3.33. The van der Waals surface area contributed by atoms with Gasteiger partial charge in [0.1, 0.15) is 5.82 Å². The van der Waals surface area contributed by atoms with Crippen LogP contribution in [0.5, 0.6) is 0 Å². The van der Waals surface area contributed by atoms with Gasteiger partial charge in [-0.25, -0.2) is 4.39 Å². The Hall–Kier alpha value is -1.38. The molecule has 1 aliphatic heterocycles. The van der Waals surface area contributed by atoms with E-state index in [2.05, 4.69) is 5.32 Å². The third kappa shape index (κ3) is 1.87. The highest BCUT2D eigenvalue weighted by Gasteiger charge is 2.39. The van der Waals surface area contributed by atoms with Crippen LogP contribution in [-0.4, -0.2) is 11.4 Å². The number of rotatable bonds is 1. The van der Waals surface area contributed by atoms with Crippen molar-refractivity contribution in [2.75, 3.05) is 0 Å². The van der Waals surface area contributed by atoms with Crippen molar-refractivity contribution in [1.82, 2.24) is 5.32 Å². The van der Waals surface area contributed by atoms with E-state index >= 15 is 0 Å². The smallest absolute Gasteiger partial charge is 0.221 e. The third-order valence-electron chi connectivity index (χ3n) is 2.97. The predicted molar refractivity (Wildman–Crippen MR) is 56.0 cm³/mol. The molecule has 1 aliphatic rings. The zero-order valence-corrected chi connectivity index (χ0v) is 8.88. The minimum atomic E-state index is -0.287. The van der Waals surface area contributed by atoms with Crippen LogP contribution >= 0.6 is 0 Å².